The Labute approximate surface area is 185 Å². The van der Waals surface area contributed by atoms with E-state index in [1.165, 1.54) is 10.4 Å². The van der Waals surface area contributed by atoms with E-state index in [0.29, 0.717) is 37.6 Å². The first-order valence-corrected chi connectivity index (χ1v) is 12.2. The first kappa shape index (κ1) is 21.3. The molecule has 0 bridgehead atoms. The van der Waals surface area contributed by atoms with E-state index in [4.69, 9.17) is 4.74 Å². The fourth-order valence-corrected chi connectivity index (χ4v) is 5.46. The molecule has 0 spiro atoms. The van der Waals surface area contributed by atoms with Crippen LogP contribution in [0.15, 0.2) is 51.8 Å². The molecule has 1 N–H and O–H groups in total. The number of sulfonamides is 1. The number of ether oxygens (including phenoxy) is 1. The lowest BCUT2D eigenvalue weighted by molar-refractivity contribution is 0.0730. The highest BCUT2D eigenvalue weighted by molar-refractivity contribution is 9.10. The smallest absolute Gasteiger partial charge is 0.257 e. The fourth-order valence-electron chi connectivity index (χ4n) is 3.76. The second-order valence-corrected chi connectivity index (χ2v) is 10.2. The van der Waals surface area contributed by atoms with Gasteiger partial charge < -0.3 is 15.0 Å². The van der Waals surface area contributed by atoms with Crippen LogP contribution in [0.25, 0.3) is 0 Å². The van der Waals surface area contributed by atoms with Gasteiger partial charge in [0, 0.05) is 42.0 Å². The van der Waals surface area contributed by atoms with Gasteiger partial charge >= 0.3 is 0 Å². The van der Waals surface area contributed by atoms with Crippen LogP contribution in [-0.4, -0.2) is 58.0 Å². The normalized spacial score (nSPS) is 17.8. The highest BCUT2D eigenvalue weighted by atomic mass is 79.9. The summed E-state index contributed by atoms with van der Waals surface area (Å²) >= 11 is 3.38. The Kier molecular flexibility index (Phi) is 6.43. The van der Waals surface area contributed by atoms with Crippen LogP contribution in [0.5, 0.6) is 0 Å². The third-order valence-electron chi connectivity index (χ3n) is 5.37. The van der Waals surface area contributed by atoms with E-state index in [-0.39, 0.29) is 10.8 Å². The summed E-state index contributed by atoms with van der Waals surface area (Å²) in [5.41, 5.74) is 1.79. The number of amides is 1. The van der Waals surface area contributed by atoms with Gasteiger partial charge in [0.2, 0.25) is 10.0 Å². The molecule has 0 atom stereocenters. The summed E-state index contributed by atoms with van der Waals surface area (Å²) in [4.78, 5) is 15.4. The molecule has 1 amide bonds. The number of halogens is 1. The molecule has 7 nitrogen and oxygen atoms in total. The number of morpholine rings is 1. The minimum absolute atomic E-state index is 0.133. The number of benzene rings is 2. The number of anilines is 2. The molecule has 0 saturated carbocycles. The molecule has 9 heteroatoms. The zero-order valence-corrected chi connectivity index (χ0v) is 18.9. The first-order chi connectivity index (χ1) is 14.4. The molecule has 30 heavy (non-hydrogen) atoms. The Morgan fingerprint density at radius 2 is 1.63 bits per heavy atom. The molecule has 0 aliphatic carbocycles. The van der Waals surface area contributed by atoms with Gasteiger partial charge in [0.05, 0.1) is 23.7 Å². The van der Waals surface area contributed by atoms with Gasteiger partial charge in [0.15, 0.2) is 0 Å². The van der Waals surface area contributed by atoms with Crippen LogP contribution < -0.4 is 10.2 Å². The lowest BCUT2D eigenvalue weighted by atomic mass is 10.1. The van der Waals surface area contributed by atoms with Crippen molar-refractivity contribution in [3.8, 4) is 0 Å². The van der Waals surface area contributed by atoms with Crippen molar-refractivity contribution < 1.29 is 17.9 Å². The van der Waals surface area contributed by atoms with E-state index in [2.05, 4.69) is 26.1 Å². The predicted octanol–water partition coefficient (Wildman–Crippen LogP) is 3.32. The topological polar surface area (TPSA) is 79.0 Å². The van der Waals surface area contributed by atoms with Crippen LogP contribution in [-0.2, 0) is 14.8 Å². The molecule has 0 radical (unpaired) electrons. The fraction of sp³-hybridized carbons (Fsp3) is 0.381. The lowest BCUT2D eigenvalue weighted by Crippen LogP contribution is -2.40. The van der Waals surface area contributed by atoms with Crippen molar-refractivity contribution in [2.45, 2.75) is 17.7 Å². The minimum Gasteiger partial charge on any atom is -0.379 e. The summed E-state index contributed by atoms with van der Waals surface area (Å²) in [5.74, 6) is -0.321. The third kappa shape index (κ3) is 4.54. The maximum Gasteiger partial charge on any atom is 0.257 e. The maximum absolute atomic E-state index is 13.2. The van der Waals surface area contributed by atoms with Crippen molar-refractivity contribution in [1.82, 2.24) is 4.31 Å². The molecular formula is C21H24BrN3O4S. The largest absolute Gasteiger partial charge is 0.379 e. The number of nitrogens with one attached hydrogen (secondary N) is 1. The van der Waals surface area contributed by atoms with Crippen molar-refractivity contribution in [3.05, 3.63) is 52.5 Å². The minimum atomic E-state index is -3.69. The molecule has 0 unspecified atom stereocenters. The summed E-state index contributed by atoms with van der Waals surface area (Å²) in [5, 5.41) is 2.89. The molecule has 2 aliphatic rings. The molecule has 2 aromatic rings. The van der Waals surface area contributed by atoms with Crippen molar-refractivity contribution in [3.63, 3.8) is 0 Å². The van der Waals surface area contributed by atoms with E-state index >= 15 is 0 Å². The molecule has 2 saturated heterocycles. The Bertz CT molecular complexity index is 1020. The molecule has 0 aromatic heterocycles. The monoisotopic (exact) mass is 493 g/mol. The lowest BCUT2D eigenvalue weighted by Gasteiger charge is -2.27. The molecule has 4 rings (SSSR count). The Morgan fingerprint density at radius 1 is 0.967 bits per heavy atom. The second kappa shape index (κ2) is 9.05. The number of carbonyl (C=O) groups excluding carboxylic acids is 1. The summed E-state index contributed by atoms with van der Waals surface area (Å²) in [6.07, 6.45) is 2.11. The van der Waals surface area contributed by atoms with Gasteiger partial charge in [0.1, 0.15) is 0 Å². The zero-order valence-electron chi connectivity index (χ0n) is 16.5. The molecular weight excluding hydrogens is 470 g/mol. The van der Waals surface area contributed by atoms with E-state index < -0.39 is 10.0 Å². The van der Waals surface area contributed by atoms with Crippen LogP contribution in [0, 0.1) is 0 Å². The van der Waals surface area contributed by atoms with Crippen LogP contribution >= 0.6 is 15.9 Å². The third-order valence-corrected chi connectivity index (χ3v) is 7.79. The van der Waals surface area contributed by atoms with Crippen molar-refractivity contribution in [2.24, 2.45) is 0 Å². The number of carbonyl (C=O) groups is 1. The molecule has 2 fully saturated rings. The number of hydrogen-bond acceptors (Lipinski definition) is 5. The number of nitrogens with zero attached hydrogens (tertiary/aromatic N) is 2. The van der Waals surface area contributed by atoms with Crippen molar-refractivity contribution in [2.75, 3.05) is 49.6 Å². The molecule has 2 heterocycles. The standard InChI is InChI=1S/C21H24BrN3O4S/c22-16-3-5-17(6-4-16)23-21(26)19-15-18(7-8-20(19)24-9-1-2-10-24)30(27,28)25-11-13-29-14-12-25/h3-8,15H,1-2,9-14H2,(H,23,26). The SMILES string of the molecule is O=C(Nc1ccc(Br)cc1)c1cc(S(=O)(=O)N2CCOCC2)ccc1N1CCCC1. The zero-order chi connectivity index (χ0) is 21.1. The number of rotatable bonds is 5. The molecule has 2 aliphatic heterocycles. The molecule has 160 valence electrons. The van der Waals surface area contributed by atoms with Gasteiger partial charge in [-0.15, -0.1) is 0 Å². The summed E-state index contributed by atoms with van der Waals surface area (Å²) in [6.45, 7) is 3.10. The second-order valence-electron chi connectivity index (χ2n) is 7.35. The van der Waals surface area contributed by atoms with E-state index in [9.17, 15) is 13.2 Å². The van der Waals surface area contributed by atoms with Gasteiger partial charge in [-0.2, -0.15) is 4.31 Å². The number of hydrogen-bond donors (Lipinski definition) is 1. The van der Waals surface area contributed by atoms with Gasteiger partial charge in [-0.25, -0.2) is 8.42 Å². The molecule has 2 aromatic carbocycles. The summed E-state index contributed by atoms with van der Waals surface area (Å²) in [6, 6.07) is 12.2. The first-order valence-electron chi connectivity index (χ1n) is 9.99. The van der Waals surface area contributed by atoms with Gasteiger partial charge in [-0.1, -0.05) is 15.9 Å². The maximum atomic E-state index is 13.2. The predicted molar refractivity (Wildman–Crippen MR) is 120 cm³/mol. The summed E-state index contributed by atoms with van der Waals surface area (Å²) < 4.78 is 33.8. The average molecular weight is 494 g/mol. The van der Waals surface area contributed by atoms with Gasteiger partial charge in [-0.3, -0.25) is 4.79 Å². The Morgan fingerprint density at radius 3 is 2.30 bits per heavy atom. The van der Waals surface area contributed by atoms with Crippen LogP contribution in [0.3, 0.4) is 0 Å². The highest BCUT2D eigenvalue weighted by Crippen LogP contribution is 2.29. The van der Waals surface area contributed by atoms with Crippen molar-refractivity contribution in [1.29, 1.82) is 0 Å². The Hall–Kier alpha value is -1.94. The quantitative estimate of drug-likeness (QED) is 0.690. The van der Waals surface area contributed by atoms with E-state index in [1.54, 1.807) is 24.3 Å². The van der Waals surface area contributed by atoms with Crippen LogP contribution in [0.2, 0.25) is 0 Å². The van der Waals surface area contributed by atoms with Crippen molar-refractivity contribution >= 4 is 43.2 Å². The van der Waals surface area contributed by atoms with Crippen LogP contribution in [0.1, 0.15) is 23.2 Å². The highest BCUT2D eigenvalue weighted by Gasteiger charge is 2.29. The van der Waals surface area contributed by atoms with E-state index in [1.807, 2.05) is 12.1 Å². The van der Waals surface area contributed by atoms with Gasteiger partial charge in [0.25, 0.3) is 5.91 Å². The Balaban J connectivity index is 1.68. The average Bonchev–Trinajstić information content (AvgIpc) is 3.30. The summed E-state index contributed by atoms with van der Waals surface area (Å²) in [7, 11) is -3.69. The van der Waals surface area contributed by atoms with Gasteiger partial charge in [-0.05, 0) is 55.3 Å². The van der Waals surface area contributed by atoms with Crippen LogP contribution in [0.4, 0.5) is 11.4 Å². The van der Waals surface area contributed by atoms with E-state index in [0.717, 1.165) is 36.1 Å².